The zero-order valence-corrected chi connectivity index (χ0v) is 12.9. The first kappa shape index (κ1) is 14.0. The van der Waals surface area contributed by atoms with Gasteiger partial charge in [0.1, 0.15) is 12.1 Å². The van der Waals surface area contributed by atoms with Crippen molar-refractivity contribution in [1.82, 2.24) is 4.90 Å². The van der Waals surface area contributed by atoms with Crippen LogP contribution < -0.4 is 0 Å². The minimum absolute atomic E-state index is 0.204. The number of imide groups is 1. The Labute approximate surface area is 134 Å². The summed E-state index contributed by atoms with van der Waals surface area (Å²) in [4.78, 5) is 26.2. The summed E-state index contributed by atoms with van der Waals surface area (Å²) >= 11 is 0. The van der Waals surface area contributed by atoms with Crippen LogP contribution in [0.15, 0.2) is 48.5 Å². The fraction of sp³-hybridized carbons (Fsp3) is 0.263. The molecule has 1 heterocycles. The molecular weight excluding hydrogens is 290 g/mol. The Hall–Kier alpha value is -2.62. The average Bonchev–Trinajstić information content (AvgIpc) is 3.01. The largest absolute Gasteiger partial charge is 0.443 e. The van der Waals surface area contributed by atoms with Crippen LogP contribution in [-0.2, 0) is 22.4 Å². The smallest absolute Gasteiger partial charge is 0.417 e. The highest BCUT2D eigenvalue weighted by molar-refractivity contribution is 5.95. The molecule has 1 aliphatic heterocycles. The molecule has 23 heavy (non-hydrogen) atoms. The highest BCUT2D eigenvalue weighted by Gasteiger charge is 2.50. The number of aryl methyl sites for hydroxylation is 1. The summed E-state index contributed by atoms with van der Waals surface area (Å²) < 4.78 is 5.43. The van der Waals surface area contributed by atoms with E-state index in [9.17, 15) is 9.59 Å². The molecule has 2 atom stereocenters. The van der Waals surface area contributed by atoms with Crippen molar-refractivity contribution < 1.29 is 14.3 Å². The first-order valence-electron chi connectivity index (χ1n) is 7.79. The predicted molar refractivity (Wildman–Crippen MR) is 84.9 cm³/mol. The van der Waals surface area contributed by atoms with E-state index in [1.54, 1.807) is 0 Å². The molecule has 1 unspecified atom stereocenters. The van der Waals surface area contributed by atoms with E-state index in [4.69, 9.17) is 4.74 Å². The van der Waals surface area contributed by atoms with Crippen LogP contribution in [0.4, 0.5) is 4.79 Å². The number of benzene rings is 2. The molecule has 0 radical (unpaired) electrons. The molecule has 2 amide bonds. The van der Waals surface area contributed by atoms with Crippen molar-refractivity contribution in [3.05, 3.63) is 70.8 Å². The van der Waals surface area contributed by atoms with E-state index < -0.39 is 6.09 Å². The number of fused-ring (bicyclic) bond motifs is 3. The summed E-state index contributed by atoms with van der Waals surface area (Å²) in [5.74, 6) is -0.204. The number of nitrogens with zero attached hydrogens (tertiary/aromatic N) is 1. The summed E-state index contributed by atoms with van der Waals surface area (Å²) in [7, 11) is 0. The van der Waals surface area contributed by atoms with E-state index >= 15 is 0 Å². The molecule has 1 aliphatic carbocycles. The van der Waals surface area contributed by atoms with E-state index in [0.717, 1.165) is 22.3 Å². The van der Waals surface area contributed by atoms with Gasteiger partial charge < -0.3 is 4.74 Å². The van der Waals surface area contributed by atoms with E-state index in [2.05, 4.69) is 0 Å². The molecule has 0 spiro atoms. The Morgan fingerprint density at radius 3 is 2.87 bits per heavy atom. The number of rotatable bonds is 2. The average molecular weight is 307 g/mol. The maximum Gasteiger partial charge on any atom is 0.417 e. The summed E-state index contributed by atoms with van der Waals surface area (Å²) in [5, 5.41) is 0. The van der Waals surface area contributed by atoms with Gasteiger partial charge in [-0.3, -0.25) is 4.79 Å². The number of ether oxygens (including phenoxy) is 1. The van der Waals surface area contributed by atoms with Crippen LogP contribution >= 0.6 is 0 Å². The Morgan fingerprint density at radius 2 is 2.04 bits per heavy atom. The van der Waals surface area contributed by atoms with Crippen LogP contribution in [0.25, 0.3) is 0 Å². The minimum atomic E-state index is -0.521. The van der Waals surface area contributed by atoms with Gasteiger partial charge in [0.2, 0.25) is 5.91 Å². The van der Waals surface area contributed by atoms with Crippen LogP contribution in [0.3, 0.4) is 0 Å². The van der Waals surface area contributed by atoms with Gasteiger partial charge in [-0.25, -0.2) is 9.69 Å². The van der Waals surface area contributed by atoms with Gasteiger partial charge in [0.25, 0.3) is 0 Å². The van der Waals surface area contributed by atoms with Crippen LogP contribution in [0, 0.1) is 6.92 Å². The fourth-order valence-corrected chi connectivity index (χ4v) is 3.59. The lowest BCUT2D eigenvalue weighted by Crippen LogP contribution is -2.35. The molecule has 0 saturated carbocycles. The third-order valence-electron chi connectivity index (χ3n) is 4.58. The van der Waals surface area contributed by atoms with E-state index in [-0.39, 0.29) is 24.5 Å². The van der Waals surface area contributed by atoms with Crippen molar-refractivity contribution in [1.29, 1.82) is 0 Å². The van der Waals surface area contributed by atoms with Crippen molar-refractivity contribution in [2.45, 2.75) is 31.9 Å². The van der Waals surface area contributed by atoms with Crippen molar-refractivity contribution in [3.63, 3.8) is 0 Å². The van der Waals surface area contributed by atoms with E-state index in [1.165, 1.54) is 4.90 Å². The fourth-order valence-electron chi connectivity index (χ4n) is 3.59. The normalized spacial score (nSPS) is 21.8. The van der Waals surface area contributed by atoms with Crippen LogP contribution in [0.2, 0.25) is 0 Å². The van der Waals surface area contributed by atoms with Crippen LogP contribution in [0.5, 0.6) is 0 Å². The Bertz CT molecular complexity index is 799. The topological polar surface area (TPSA) is 46.6 Å². The molecule has 0 aromatic heterocycles. The van der Waals surface area contributed by atoms with Gasteiger partial charge >= 0.3 is 6.09 Å². The molecule has 116 valence electrons. The first-order chi connectivity index (χ1) is 11.1. The molecule has 4 nitrogen and oxygen atoms in total. The third kappa shape index (κ3) is 2.31. The Morgan fingerprint density at radius 1 is 1.22 bits per heavy atom. The van der Waals surface area contributed by atoms with Gasteiger partial charge in [-0.05, 0) is 23.6 Å². The number of carbonyl (C=O) groups excluding carboxylic acids is 2. The SMILES string of the molecule is Cc1cccc(CC(=O)N2C(=O)OC3Cc4ccccc4[C@@H]32)c1. The molecule has 0 bridgehead atoms. The second-order valence-electron chi connectivity index (χ2n) is 6.20. The van der Waals surface area contributed by atoms with Gasteiger partial charge in [-0.15, -0.1) is 0 Å². The predicted octanol–water partition coefficient (Wildman–Crippen LogP) is 3.18. The monoisotopic (exact) mass is 307 g/mol. The highest BCUT2D eigenvalue weighted by Crippen LogP contribution is 2.42. The Balaban J connectivity index is 1.63. The molecule has 1 saturated heterocycles. The Kier molecular flexibility index (Phi) is 3.18. The number of hydrogen-bond acceptors (Lipinski definition) is 3. The molecule has 0 N–H and O–H groups in total. The van der Waals surface area contributed by atoms with Crippen molar-refractivity contribution in [2.75, 3.05) is 0 Å². The molecule has 2 aromatic rings. The summed E-state index contributed by atoms with van der Waals surface area (Å²) in [6.07, 6.45) is 0.122. The van der Waals surface area contributed by atoms with Gasteiger partial charge in [-0.1, -0.05) is 54.1 Å². The first-order valence-corrected chi connectivity index (χ1v) is 7.79. The highest BCUT2D eigenvalue weighted by atomic mass is 16.6. The van der Waals surface area contributed by atoms with Gasteiger partial charge in [-0.2, -0.15) is 0 Å². The molecule has 4 rings (SSSR count). The standard InChI is InChI=1S/C19H17NO3/c1-12-5-4-6-13(9-12)10-17(21)20-18-15-8-3-2-7-14(15)11-16(18)23-19(20)22/h2-9,16,18H,10-11H2,1H3/t16?,18-/m0/s1. The lowest BCUT2D eigenvalue weighted by Gasteiger charge is -2.19. The van der Waals surface area contributed by atoms with E-state index in [0.29, 0.717) is 6.42 Å². The third-order valence-corrected chi connectivity index (χ3v) is 4.58. The molecule has 2 aliphatic rings. The van der Waals surface area contributed by atoms with Crippen molar-refractivity contribution in [2.24, 2.45) is 0 Å². The number of amides is 2. The molecule has 2 aromatic carbocycles. The summed E-state index contributed by atoms with van der Waals surface area (Å²) in [5.41, 5.74) is 4.20. The lowest BCUT2D eigenvalue weighted by molar-refractivity contribution is -0.128. The molecular formula is C19H17NO3. The van der Waals surface area contributed by atoms with Crippen LogP contribution in [-0.4, -0.2) is 23.0 Å². The minimum Gasteiger partial charge on any atom is -0.443 e. The molecule has 4 heteroatoms. The maximum absolute atomic E-state index is 12.7. The quantitative estimate of drug-likeness (QED) is 0.856. The number of carbonyl (C=O) groups is 2. The van der Waals surface area contributed by atoms with Crippen molar-refractivity contribution >= 4 is 12.0 Å². The van der Waals surface area contributed by atoms with Crippen LogP contribution in [0.1, 0.15) is 28.3 Å². The maximum atomic E-state index is 12.7. The van der Waals surface area contributed by atoms with Gasteiger partial charge in [0.05, 0.1) is 6.42 Å². The van der Waals surface area contributed by atoms with E-state index in [1.807, 2.05) is 55.5 Å². The summed E-state index contributed by atoms with van der Waals surface area (Å²) in [6.45, 7) is 1.99. The zero-order valence-electron chi connectivity index (χ0n) is 12.9. The number of hydrogen-bond donors (Lipinski definition) is 0. The second-order valence-corrected chi connectivity index (χ2v) is 6.20. The van der Waals surface area contributed by atoms with Gasteiger partial charge in [0, 0.05) is 6.42 Å². The van der Waals surface area contributed by atoms with Crippen molar-refractivity contribution in [3.8, 4) is 0 Å². The summed E-state index contributed by atoms with van der Waals surface area (Å²) in [6, 6.07) is 15.4. The molecule has 1 fully saturated rings. The lowest BCUT2D eigenvalue weighted by atomic mass is 10.0. The van der Waals surface area contributed by atoms with Gasteiger partial charge in [0.15, 0.2) is 0 Å². The second kappa shape index (κ2) is 5.23. The zero-order chi connectivity index (χ0) is 16.0.